The number of hydrogen-bond donors (Lipinski definition) is 1. The molecule has 0 radical (unpaired) electrons. The van der Waals surface area contributed by atoms with Crippen molar-refractivity contribution in [2.75, 3.05) is 14.2 Å². The molecule has 6 nitrogen and oxygen atoms in total. The molecule has 6 heteroatoms. The van der Waals surface area contributed by atoms with Crippen molar-refractivity contribution in [2.45, 2.75) is 6.92 Å². The Kier molecular flexibility index (Phi) is 3.27. The van der Waals surface area contributed by atoms with Gasteiger partial charge in [0.25, 0.3) is 0 Å². The minimum absolute atomic E-state index is 0.0318. The van der Waals surface area contributed by atoms with Crippen LogP contribution in [0.4, 0.5) is 11.4 Å². The number of benzene rings is 2. The number of rotatable bonds is 2. The number of aliphatic imine (C=N–C) groups is 1. The summed E-state index contributed by atoms with van der Waals surface area (Å²) in [7, 11) is 3.02. The van der Waals surface area contributed by atoms with Crippen molar-refractivity contribution in [3.05, 3.63) is 52.6 Å². The van der Waals surface area contributed by atoms with E-state index in [1.807, 2.05) is 31.2 Å². The van der Waals surface area contributed by atoms with E-state index in [2.05, 4.69) is 10.4 Å². The van der Waals surface area contributed by atoms with E-state index in [1.165, 1.54) is 7.05 Å². The van der Waals surface area contributed by atoms with Crippen LogP contribution in [0.25, 0.3) is 16.6 Å². The van der Waals surface area contributed by atoms with Gasteiger partial charge in [-0.15, -0.1) is 0 Å². The summed E-state index contributed by atoms with van der Waals surface area (Å²) in [5, 5.41) is 12.6. The zero-order valence-corrected chi connectivity index (χ0v) is 12.7. The van der Waals surface area contributed by atoms with E-state index in [4.69, 9.17) is 10.5 Å². The Morgan fingerprint density at radius 2 is 1.95 bits per heavy atom. The first-order chi connectivity index (χ1) is 10.4. The van der Waals surface area contributed by atoms with E-state index >= 15 is 0 Å². The second-order valence-electron chi connectivity index (χ2n) is 5.31. The highest BCUT2D eigenvalue weighted by molar-refractivity contribution is 5.99. The van der Waals surface area contributed by atoms with Crippen molar-refractivity contribution < 1.29 is 4.74 Å². The van der Waals surface area contributed by atoms with Gasteiger partial charge in [0, 0.05) is 11.6 Å². The van der Waals surface area contributed by atoms with E-state index in [1.54, 1.807) is 19.2 Å². The molecule has 0 saturated heterocycles. The highest BCUT2D eigenvalue weighted by Crippen LogP contribution is 2.45. The van der Waals surface area contributed by atoms with E-state index < -0.39 is 4.76 Å². The minimum Gasteiger partial charge on any atom is -0.610 e. The van der Waals surface area contributed by atoms with Gasteiger partial charge in [-0.1, -0.05) is 24.3 Å². The Balaban J connectivity index is 2.28. The van der Waals surface area contributed by atoms with Crippen molar-refractivity contribution >= 4 is 17.3 Å². The van der Waals surface area contributed by atoms with Crippen molar-refractivity contribution in [3.63, 3.8) is 0 Å². The average Bonchev–Trinajstić information content (AvgIpc) is 2.46. The van der Waals surface area contributed by atoms with Gasteiger partial charge in [0.1, 0.15) is 5.75 Å². The molecule has 1 unspecified atom stereocenters. The lowest BCUT2D eigenvalue weighted by molar-refractivity contribution is 0.416. The molecule has 114 valence electrons. The Bertz CT molecular complexity index is 769. The molecule has 0 saturated carbocycles. The average molecular weight is 297 g/mol. The van der Waals surface area contributed by atoms with Gasteiger partial charge in [-0.3, -0.25) is 4.76 Å². The van der Waals surface area contributed by atoms with Crippen molar-refractivity contribution in [1.29, 1.82) is 0 Å². The molecular weight excluding hydrogens is 280 g/mol. The molecule has 0 amide bonds. The summed E-state index contributed by atoms with van der Waals surface area (Å²) in [6.07, 6.45) is 0. The first-order valence-electron chi connectivity index (χ1n) is 6.86. The lowest BCUT2D eigenvalue weighted by Crippen LogP contribution is -2.39. The van der Waals surface area contributed by atoms with Gasteiger partial charge in [0.15, 0.2) is 5.69 Å². The molecular formula is C16H17N4O2-. The smallest absolute Gasteiger partial charge is 0.159 e. The molecule has 0 aromatic heterocycles. The number of nitrogens with zero attached hydrogens (tertiary/aromatic N) is 3. The van der Waals surface area contributed by atoms with Crippen LogP contribution in [0.2, 0.25) is 0 Å². The number of ether oxygens (including phenoxy) is 1. The lowest BCUT2D eigenvalue weighted by atomic mass is 9.98. The van der Waals surface area contributed by atoms with Gasteiger partial charge in [0.05, 0.1) is 25.8 Å². The fraction of sp³-hybridized carbons (Fsp3) is 0.188. The molecule has 3 rings (SSSR count). The largest absolute Gasteiger partial charge is 0.610 e. The highest BCUT2D eigenvalue weighted by atomic mass is 16.6. The Morgan fingerprint density at radius 1 is 1.23 bits per heavy atom. The fourth-order valence-corrected chi connectivity index (χ4v) is 2.63. The number of hydroxylamine groups is 1. The number of quaternary nitrogens is 1. The Labute approximate surface area is 129 Å². The third-order valence-corrected chi connectivity index (χ3v) is 3.71. The van der Waals surface area contributed by atoms with Crippen LogP contribution in [0.5, 0.6) is 5.75 Å². The summed E-state index contributed by atoms with van der Waals surface area (Å²) in [6, 6.07) is 11.4. The molecule has 1 atom stereocenters. The van der Waals surface area contributed by atoms with Gasteiger partial charge < -0.3 is 20.7 Å². The topological polar surface area (TPSA) is 84.8 Å². The van der Waals surface area contributed by atoms with Crippen LogP contribution >= 0.6 is 0 Å². The van der Waals surface area contributed by atoms with E-state index in [0.29, 0.717) is 17.1 Å². The van der Waals surface area contributed by atoms with Crippen molar-refractivity contribution in [2.24, 2.45) is 10.7 Å². The second-order valence-corrected chi connectivity index (χ2v) is 5.31. The third kappa shape index (κ3) is 2.28. The summed E-state index contributed by atoms with van der Waals surface area (Å²) in [5.74, 6) is 0.613. The van der Waals surface area contributed by atoms with E-state index in [9.17, 15) is 5.21 Å². The molecule has 0 fully saturated rings. The summed E-state index contributed by atoms with van der Waals surface area (Å²) in [4.78, 5) is 4.14. The van der Waals surface area contributed by atoms with E-state index in [-0.39, 0.29) is 5.96 Å². The Hall–Kier alpha value is -2.57. The standard InChI is InChI=1S/C16H17N4O2/c1-10-6-4-5-7-11(10)12-8-14-13(9-15(12)22-3)18-16(17)19-20(14,2)21/h4-9H,1-3H3,(H2-,17,18,19)/q-1. The van der Waals surface area contributed by atoms with Gasteiger partial charge in [0.2, 0.25) is 0 Å². The lowest BCUT2D eigenvalue weighted by Gasteiger charge is -2.43. The number of guanidine groups is 1. The zero-order valence-electron chi connectivity index (χ0n) is 12.7. The summed E-state index contributed by atoms with van der Waals surface area (Å²) in [6.45, 7) is 2.01. The normalized spacial score (nSPS) is 19.9. The molecule has 0 aliphatic carbocycles. The predicted molar refractivity (Wildman–Crippen MR) is 88.9 cm³/mol. The molecule has 2 aromatic carbocycles. The maximum Gasteiger partial charge on any atom is 0.159 e. The van der Waals surface area contributed by atoms with Crippen molar-refractivity contribution in [3.8, 4) is 16.9 Å². The highest BCUT2D eigenvalue weighted by Gasteiger charge is 2.24. The molecule has 1 heterocycles. The van der Waals surface area contributed by atoms with Gasteiger partial charge in [-0.25, -0.2) is 0 Å². The summed E-state index contributed by atoms with van der Waals surface area (Å²) in [5.41, 5.74) is 13.3. The molecule has 1 aliphatic rings. The van der Waals surface area contributed by atoms with Crippen molar-refractivity contribution in [1.82, 2.24) is 4.76 Å². The van der Waals surface area contributed by atoms with Crippen LogP contribution < -0.4 is 15.2 Å². The zero-order chi connectivity index (χ0) is 15.9. The maximum absolute atomic E-state index is 12.6. The number of methoxy groups -OCH3 is 1. The minimum atomic E-state index is -0.937. The second kappa shape index (κ2) is 5.01. The van der Waals surface area contributed by atoms with E-state index in [0.717, 1.165) is 16.7 Å². The molecule has 0 bridgehead atoms. The van der Waals surface area contributed by atoms with Crippen LogP contribution in [0.3, 0.4) is 0 Å². The molecule has 2 N–H and O–H groups in total. The molecule has 0 spiro atoms. The number of hydrogen-bond acceptors (Lipinski definition) is 4. The number of aryl methyl sites for hydroxylation is 1. The first kappa shape index (κ1) is 14.4. The maximum atomic E-state index is 12.6. The molecule has 1 aliphatic heterocycles. The van der Waals surface area contributed by atoms with Crippen LogP contribution in [0.15, 0.2) is 41.4 Å². The van der Waals surface area contributed by atoms with Gasteiger partial charge in [-0.05, 0) is 24.1 Å². The Morgan fingerprint density at radius 3 is 2.64 bits per heavy atom. The SMILES string of the molecule is COc1cc2c(cc1-c1ccccc1C)[N+](C)([O-])[N-]C(N)=N2. The molecule has 22 heavy (non-hydrogen) atoms. The summed E-state index contributed by atoms with van der Waals surface area (Å²) < 4.78 is 4.54. The summed E-state index contributed by atoms with van der Waals surface area (Å²) >= 11 is 0. The van der Waals surface area contributed by atoms with Crippen LogP contribution in [-0.4, -0.2) is 20.1 Å². The van der Waals surface area contributed by atoms with Crippen LogP contribution in [0.1, 0.15) is 5.56 Å². The monoisotopic (exact) mass is 297 g/mol. The predicted octanol–water partition coefficient (Wildman–Crippen LogP) is 3.35. The first-order valence-corrected chi connectivity index (χ1v) is 6.86. The molecule has 2 aromatic rings. The van der Waals surface area contributed by atoms with Crippen LogP contribution in [0, 0.1) is 12.1 Å². The third-order valence-electron chi connectivity index (χ3n) is 3.71. The quantitative estimate of drug-likeness (QED) is 0.681. The fourth-order valence-electron chi connectivity index (χ4n) is 2.63. The number of nitrogens with two attached hydrogens (primary N) is 1. The number of fused-ring (bicyclic) bond motifs is 1. The van der Waals surface area contributed by atoms with Crippen LogP contribution in [-0.2, 0) is 0 Å². The van der Waals surface area contributed by atoms with Gasteiger partial charge >= 0.3 is 0 Å². The van der Waals surface area contributed by atoms with Gasteiger partial charge in [-0.2, -0.15) is 5.43 Å².